The van der Waals surface area contributed by atoms with E-state index in [0.717, 1.165) is 22.0 Å². The number of nitrogens with one attached hydrogen (secondary N) is 1. The summed E-state index contributed by atoms with van der Waals surface area (Å²) in [4.78, 5) is 24.5. The molecule has 27 heavy (non-hydrogen) atoms. The van der Waals surface area contributed by atoms with Gasteiger partial charge in [0.1, 0.15) is 0 Å². The summed E-state index contributed by atoms with van der Waals surface area (Å²) in [6, 6.07) is 16.9. The maximum Gasteiger partial charge on any atom is 0.252 e. The van der Waals surface area contributed by atoms with E-state index in [0.29, 0.717) is 17.7 Å². The third-order valence-corrected chi connectivity index (χ3v) is 5.97. The molecule has 0 bridgehead atoms. The highest BCUT2D eigenvalue weighted by Crippen LogP contribution is 2.26. The standard InChI is InChI=1S/C20H21N3O2S2/c1-14(19(22)24)27-18-9-5-4-8-17(18)20(25)23-10-11-26-13-16-7-3-2-6-15(16)12-21/h2-9,14H,10-11,13H2,1H3,(H2,22,24)(H,23,25)/t14-/m0/s1. The first-order chi connectivity index (χ1) is 13.0. The summed E-state index contributed by atoms with van der Waals surface area (Å²) in [6.07, 6.45) is 0. The fourth-order valence-corrected chi connectivity index (χ4v) is 4.08. The number of carbonyl (C=O) groups is 2. The average Bonchev–Trinajstić information content (AvgIpc) is 2.68. The average molecular weight is 400 g/mol. The lowest BCUT2D eigenvalue weighted by atomic mass is 10.1. The van der Waals surface area contributed by atoms with Crippen LogP contribution in [0.3, 0.4) is 0 Å². The molecule has 5 nitrogen and oxygen atoms in total. The maximum absolute atomic E-state index is 12.5. The van der Waals surface area contributed by atoms with Crippen LogP contribution in [-0.4, -0.2) is 29.4 Å². The number of nitrogens with zero attached hydrogens (tertiary/aromatic N) is 1. The quantitative estimate of drug-likeness (QED) is 0.499. The Bertz CT molecular complexity index is 849. The molecule has 0 saturated heterocycles. The van der Waals surface area contributed by atoms with Gasteiger partial charge in [-0.05, 0) is 30.7 Å². The maximum atomic E-state index is 12.5. The molecule has 0 heterocycles. The van der Waals surface area contributed by atoms with E-state index in [4.69, 9.17) is 11.0 Å². The van der Waals surface area contributed by atoms with E-state index in [-0.39, 0.29) is 5.91 Å². The molecule has 1 atom stereocenters. The van der Waals surface area contributed by atoms with Crippen LogP contribution in [0.25, 0.3) is 0 Å². The topological polar surface area (TPSA) is 96.0 Å². The third-order valence-electron chi connectivity index (χ3n) is 3.76. The molecule has 0 aromatic heterocycles. The molecule has 3 N–H and O–H groups in total. The Morgan fingerprint density at radius 3 is 2.63 bits per heavy atom. The van der Waals surface area contributed by atoms with Crippen molar-refractivity contribution in [1.82, 2.24) is 5.32 Å². The summed E-state index contributed by atoms with van der Waals surface area (Å²) in [5.74, 6) is 0.873. The van der Waals surface area contributed by atoms with Gasteiger partial charge in [0.25, 0.3) is 5.91 Å². The molecule has 0 spiro atoms. The van der Waals surface area contributed by atoms with Crippen molar-refractivity contribution in [2.24, 2.45) is 5.73 Å². The molecule has 2 rings (SSSR count). The van der Waals surface area contributed by atoms with Crippen molar-refractivity contribution >= 4 is 35.3 Å². The second-order valence-electron chi connectivity index (χ2n) is 5.74. The molecule has 0 aliphatic rings. The molecule has 2 amide bonds. The molecule has 0 fully saturated rings. The predicted octanol–water partition coefficient (Wildman–Crippen LogP) is 3.19. The molecule has 2 aromatic rings. The summed E-state index contributed by atoms with van der Waals surface area (Å²) in [5.41, 5.74) is 7.53. The Balaban J connectivity index is 1.84. The summed E-state index contributed by atoms with van der Waals surface area (Å²) in [6.45, 7) is 2.24. The van der Waals surface area contributed by atoms with Gasteiger partial charge in [0, 0.05) is 22.9 Å². The van der Waals surface area contributed by atoms with Gasteiger partial charge >= 0.3 is 0 Å². The van der Waals surface area contributed by atoms with Crippen LogP contribution in [0.5, 0.6) is 0 Å². The normalized spacial score (nSPS) is 11.4. The number of benzene rings is 2. The zero-order valence-electron chi connectivity index (χ0n) is 15.0. The van der Waals surface area contributed by atoms with Crippen molar-refractivity contribution in [3.8, 4) is 6.07 Å². The molecule has 140 valence electrons. The van der Waals surface area contributed by atoms with Crippen molar-refractivity contribution in [2.45, 2.75) is 22.8 Å². The van der Waals surface area contributed by atoms with Gasteiger partial charge in [0.05, 0.1) is 22.4 Å². The van der Waals surface area contributed by atoms with Gasteiger partial charge in [-0.2, -0.15) is 17.0 Å². The molecular weight excluding hydrogens is 378 g/mol. The highest BCUT2D eigenvalue weighted by molar-refractivity contribution is 8.00. The van der Waals surface area contributed by atoms with Crippen LogP contribution in [0.15, 0.2) is 53.4 Å². The number of hydrogen-bond acceptors (Lipinski definition) is 5. The number of carbonyl (C=O) groups excluding carboxylic acids is 2. The molecule has 0 aliphatic carbocycles. The van der Waals surface area contributed by atoms with Crippen LogP contribution >= 0.6 is 23.5 Å². The van der Waals surface area contributed by atoms with Crippen LogP contribution < -0.4 is 11.1 Å². The number of rotatable bonds is 9. The SMILES string of the molecule is C[C@H](Sc1ccccc1C(=O)NCCSCc1ccccc1C#N)C(N)=O. The number of thioether (sulfide) groups is 2. The van der Waals surface area contributed by atoms with Crippen molar-refractivity contribution in [1.29, 1.82) is 5.26 Å². The molecule has 0 unspecified atom stereocenters. The molecular formula is C20H21N3O2S2. The zero-order chi connectivity index (χ0) is 19.6. The Morgan fingerprint density at radius 1 is 1.19 bits per heavy atom. The van der Waals surface area contributed by atoms with Gasteiger partial charge in [-0.15, -0.1) is 11.8 Å². The third kappa shape index (κ3) is 6.35. The van der Waals surface area contributed by atoms with E-state index in [1.165, 1.54) is 11.8 Å². The van der Waals surface area contributed by atoms with E-state index >= 15 is 0 Å². The summed E-state index contributed by atoms with van der Waals surface area (Å²) in [5, 5.41) is 11.6. The molecule has 0 aliphatic heterocycles. The number of amides is 2. The van der Waals surface area contributed by atoms with E-state index in [1.807, 2.05) is 30.3 Å². The second kappa shape index (κ2) is 10.7. The Labute approximate surface area is 167 Å². The van der Waals surface area contributed by atoms with Crippen molar-refractivity contribution < 1.29 is 9.59 Å². The monoisotopic (exact) mass is 399 g/mol. The number of primary amides is 1. The lowest BCUT2D eigenvalue weighted by Gasteiger charge is -2.12. The minimum Gasteiger partial charge on any atom is -0.369 e. The van der Waals surface area contributed by atoms with E-state index in [1.54, 1.807) is 36.9 Å². The summed E-state index contributed by atoms with van der Waals surface area (Å²) in [7, 11) is 0. The first-order valence-corrected chi connectivity index (χ1v) is 10.4. The van der Waals surface area contributed by atoms with Gasteiger partial charge in [-0.3, -0.25) is 9.59 Å². The minimum atomic E-state index is -0.413. The highest BCUT2D eigenvalue weighted by atomic mass is 32.2. The first kappa shape index (κ1) is 20.9. The van der Waals surface area contributed by atoms with Crippen LogP contribution in [0.1, 0.15) is 28.4 Å². The fraction of sp³-hybridized carbons (Fsp3) is 0.250. The van der Waals surface area contributed by atoms with Crippen LogP contribution in [-0.2, 0) is 10.5 Å². The predicted molar refractivity (Wildman–Crippen MR) is 111 cm³/mol. The van der Waals surface area contributed by atoms with Gasteiger partial charge in [0.15, 0.2) is 0 Å². The van der Waals surface area contributed by atoms with Crippen molar-refractivity contribution in [3.63, 3.8) is 0 Å². The van der Waals surface area contributed by atoms with Gasteiger partial charge < -0.3 is 11.1 Å². The molecule has 0 radical (unpaired) electrons. The Kier molecular flexibility index (Phi) is 8.24. The summed E-state index contributed by atoms with van der Waals surface area (Å²) >= 11 is 2.94. The van der Waals surface area contributed by atoms with E-state index in [9.17, 15) is 9.59 Å². The molecule has 0 saturated carbocycles. The fourth-order valence-electron chi connectivity index (χ4n) is 2.27. The Morgan fingerprint density at radius 2 is 1.89 bits per heavy atom. The van der Waals surface area contributed by atoms with Gasteiger partial charge in [-0.1, -0.05) is 30.3 Å². The molecule has 7 heteroatoms. The van der Waals surface area contributed by atoms with Crippen LogP contribution in [0.2, 0.25) is 0 Å². The van der Waals surface area contributed by atoms with Crippen LogP contribution in [0.4, 0.5) is 0 Å². The second-order valence-corrected chi connectivity index (χ2v) is 8.22. The minimum absolute atomic E-state index is 0.173. The van der Waals surface area contributed by atoms with Crippen LogP contribution in [0, 0.1) is 11.3 Å². The first-order valence-electron chi connectivity index (χ1n) is 8.42. The number of nitriles is 1. The smallest absolute Gasteiger partial charge is 0.252 e. The largest absolute Gasteiger partial charge is 0.369 e. The van der Waals surface area contributed by atoms with Gasteiger partial charge in [0.2, 0.25) is 5.91 Å². The number of nitrogens with two attached hydrogens (primary N) is 1. The number of hydrogen-bond donors (Lipinski definition) is 2. The van der Waals surface area contributed by atoms with E-state index < -0.39 is 11.2 Å². The van der Waals surface area contributed by atoms with E-state index in [2.05, 4.69) is 11.4 Å². The van der Waals surface area contributed by atoms with Crippen molar-refractivity contribution in [2.75, 3.05) is 12.3 Å². The molecule has 2 aromatic carbocycles. The van der Waals surface area contributed by atoms with Gasteiger partial charge in [-0.25, -0.2) is 0 Å². The zero-order valence-corrected chi connectivity index (χ0v) is 16.6. The van der Waals surface area contributed by atoms with Crippen molar-refractivity contribution in [3.05, 3.63) is 65.2 Å². The highest BCUT2D eigenvalue weighted by Gasteiger charge is 2.16. The Hall–Kier alpha value is -2.43. The lowest BCUT2D eigenvalue weighted by molar-refractivity contribution is -0.117. The lowest BCUT2D eigenvalue weighted by Crippen LogP contribution is -2.27. The summed E-state index contributed by atoms with van der Waals surface area (Å²) < 4.78 is 0.